The number of amides is 2. The molecule has 1 aliphatic rings. The number of hydrogen-bond donors (Lipinski definition) is 1. The highest BCUT2D eigenvalue weighted by molar-refractivity contribution is 5.89. The molecule has 138 valence electrons. The number of fused-ring (bicyclic) bond motifs is 1. The monoisotopic (exact) mass is 358 g/mol. The average molecular weight is 358 g/mol. The molecule has 1 heterocycles. The van der Waals surface area contributed by atoms with Crippen LogP contribution in [0.4, 0.5) is 14.9 Å². The van der Waals surface area contributed by atoms with Crippen molar-refractivity contribution in [1.82, 2.24) is 4.90 Å². The number of rotatable bonds is 2. The molecule has 0 aliphatic carbocycles. The second-order valence-corrected chi connectivity index (χ2v) is 7.06. The molecule has 0 bridgehead atoms. The number of nitrogens with zero attached hydrogens (tertiary/aromatic N) is 1. The summed E-state index contributed by atoms with van der Waals surface area (Å²) < 4.78 is 25.5. The molecule has 0 saturated carbocycles. The van der Waals surface area contributed by atoms with Crippen LogP contribution in [0.1, 0.15) is 25.0 Å². The van der Waals surface area contributed by atoms with E-state index in [1.54, 1.807) is 37.1 Å². The lowest BCUT2D eigenvalue weighted by atomic mass is 10.1. The number of carbonyl (C=O) groups excluding carboxylic acids is 1. The van der Waals surface area contributed by atoms with E-state index >= 15 is 0 Å². The summed E-state index contributed by atoms with van der Waals surface area (Å²) in [6, 6.07) is 10.1. The summed E-state index contributed by atoms with van der Waals surface area (Å²) >= 11 is 0. The summed E-state index contributed by atoms with van der Waals surface area (Å²) in [5, 5.41) is 2.67. The highest BCUT2D eigenvalue weighted by Gasteiger charge is 2.32. The van der Waals surface area contributed by atoms with E-state index in [0.717, 1.165) is 5.56 Å². The summed E-state index contributed by atoms with van der Waals surface area (Å²) in [6.07, 6.45) is 0. The first-order valence-electron chi connectivity index (χ1n) is 8.46. The Hall–Kier alpha value is -2.76. The van der Waals surface area contributed by atoms with E-state index in [-0.39, 0.29) is 11.7 Å². The van der Waals surface area contributed by atoms with Gasteiger partial charge in [-0.15, -0.1) is 0 Å². The Morgan fingerprint density at radius 3 is 2.81 bits per heavy atom. The fourth-order valence-corrected chi connectivity index (χ4v) is 3.02. The molecule has 0 atom stereocenters. The minimum atomic E-state index is -0.597. The van der Waals surface area contributed by atoms with Gasteiger partial charge in [0.05, 0.1) is 25.9 Å². The van der Waals surface area contributed by atoms with Gasteiger partial charge in [-0.25, -0.2) is 9.18 Å². The van der Waals surface area contributed by atoms with Crippen LogP contribution in [0, 0.1) is 12.7 Å². The minimum absolute atomic E-state index is 0.174. The van der Waals surface area contributed by atoms with Gasteiger partial charge in [-0.2, -0.15) is 0 Å². The zero-order valence-electron chi connectivity index (χ0n) is 15.4. The first-order chi connectivity index (χ1) is 12.3. The van der Waals surface area contributed by atoms with Crippen LogP contribution in [0.3, 0.4) is 0 Å². The molecule has 0 fully saturated rings. The van der Waals surface area contributed by atoms with Crippen molar-refractivity contribution in [2.45, 2.75) is 32.9 Å². The second-order valence-electron chi connectivity index (χ2n) is 7.06. The van der Waals surface area contributed by atoms with Crippen molar-refractivity contribution in [1.29, 1.82) is 0 Å². The molecule has 26 heavy (non-hydrogen) atoms. The van der Waals surface area contributed by atoms with Crippen LogP contribution in [-0.4, -0.2) is 30.2 Å². The van der Waals surface area contributed by atoms with E-state index in [9.17, 15) is 9.18 Å². The van der Waals surface area contributed by atoms with Gasteiger partial charge in [0.2, 0.25) is 0 Å². The number of ether oxygens (including phenoxy) is 2. The molecule has 2 aromatic carbocycles. The van der Waals surface area contributed by atoms with Gasteiger partial charge in [-0.05, 0) is 44.5 Å². The molecule has 0 saturated heterocycles. The van der Waals surface area contributed by atoms with Crippen LogP contribution < -0.4 is 14.8 Å². The molecule has 5 nitrogen and oxygen atoms in total. The lowest BCUT2D eigenvalue weighted by Gasteiger charge is -2.29. The number of aryl methyl sites for hydroxylation is 1. The van der Waals surface area contributed by atoms with Crippen LogP contribution in [-0.2, 0) is 6.54 Å². The molecule has 6 heteroatoms. The standard InChI is InChI=1S/C20H23FN2O3/c1-13-6-5-7-16(18(13)21)22-19(24)23-11-14-8-9-15(25-4)10-17(14)26-20(2,3)12-23/h5-10H,11-12H2,1-4H3,(H,22,24). The zero-order chi connectivity index (χ0) is 18.9. The van der Waals surface area contributed by atoms with Gasteiger partial charge in [-0.3, -0.25) is 0 Å². The number of hydrogen-bond acceptors (Lipinski definition) is 3. The van der Waals surface area contributed by atoms with Gasteiger partial charge < -0.3 is 19.7 Å². The molecule has 0 spiro atoms. The van der Waals surface area contributed by atoms with Gasteiger partial charge in [-0.1, -0.05) is 12.1 Å². The Morgan fingerprint density at radius 1 is 1.31 bits per heavy atom. The molecule has 0 unspecified atom stereocenters. The van der Waals surface area contributed by atoms with Gasteiger partial charge >= 0.3 is 6.03 Å². The molecule has 1 aliphatic heterocycles. The van der Waals surface area contributed by atoms with Crippen molar-refractivity contribution in [2.24, 2.45) is 0 Å². The van der Waals surface area contributed by atoms with Crippen LogP contribution >= 0.6 is 0 Å². The summed E-state index contributed by atoms with van der Waals surface area (Å²) in [6.45, 7) is 6.22. The number of halogens is 1. The highest BCUT2D eigenvalue weighted by atomic mass is 19.1. The largest absolute Gasteiger partial charge is 0.497 e. The molecule has 2 amide bonds. The lowest BCUT2D eigenvalue weighted by molar-refractivity contribution is 0.0833. The van der Waals surface area contributed by atoms with Gasteiger partial charge in [0.15, 0.2) is 0 Å². The predicted octanol–water partition coefficient (Wildman–Crippen LogP) is 4.35. The maximum Gasteiger partial charge on any atom is 0.322 e. The van der Waals surface area contributed by atoms with Crippen LogP contribution in [0.2, 0.25) is 0 Å². The van der Waals surface area contributed by atoms with Crippen LogP contribution in [0.5, 0.6) is 11.5 Å². The van der Waals surface area contributed by atoms with E-state index in [1.807, 2.05) is 32.0 Å². The second kappa shape index (κ2) is 6.86. The van der Waals surface area contributed by atoms with Crippen molar-refractivity contribution in [3.63, 3.8) is 0 Å². The van der Waals surface area contributed by atoms with Gasteiger partial charge in [0, 0.05) is 11.6 Å². The maximum absolute atomic E-state index is 14.2. The third kappa shape index (κ3) is 3.74. The van der Waals surface area contributed by atoms with E-state index in [1.165, 1.54) is 0 Å². The molecular weight excluding hydrogens is 335 g/mol. The molecule has 3 rings (SSSR count). The summed E-state index contributed by atoms with van der Waals surface area (Å²) in [5.41, 5.74) is 0.934. The van der Waals surface area contributed by atoms with E-state index in [2.05, 4.69) is 5.32 Å². The Bertz CT molecular complexity index is 836. The first kappa shape index (κ1) is 18.0. The summed E-state index contributed by atoms with van der Waals surface area (Å²) in [7, 11) is 1.60. The highest BCUT2D eigenvalue weighted by Crippen LogP contribution is 2.33. The number of anilines is 1. The van der Waals surface area contributed by atoms with Crippen molar-refractivity contribution >= 4 is 11.7 Å². The smallest absolute Gasteiger partial charge is 0.322 e. The Morgan fingerprint density at radius 2 is 2.08 bits per heavy atom. The Balaban J connectivity index is 1.86. The van der Waals surface area contributed by atoms with Crippen molar-refractivity contribution in [3.05, 3.63) is 53.3 Å². The number of nitrogens with one attached hydrogen (secondary N) is 1. The fraction of sp³-hybridized carbons (Fsp3) is 0.350. The topological polar surface area (TPSA) is 50.8 Å². The molecule has 1 N–H and O–H groups in total. The van der Waals surface area contributed by atoms with Crippen LogP contribution in [0.15, 0.2) is 36.4 Å². The fourth-order valence-electron chi connectivity index (χ4n) is 3.02. The third-order valence-electron chi connectivity index (χ3n) is 4.31. The summed E-state index contributed by atoms with van der Waals surface area (Å²) in [5.74, 6) is 0.960. The normalized spacial score (nSPS) is 15.5. The van der Waals surface area contributed by atoms with E-state index in [0.29, 0.717) is 30.2 Å². The van der Waals surface area contributed by atoms with Crippen molar-refractivity contribution in [3.8, 4) is 11.5 Å². The minimum Gasteiger partial charge on any atom is -0.497 e. The lowest BCUT2D eigenvalue weighted by Crippen LogP contribution is -2.44. The summed E-state index contributed by atoms with van der Waals surface area (Å²) in [4.78, 5) is 14.4. The molecule has 0 radical (unpaired) electrons. The number of methoxy groups -OCH3 is 1. The SMILES string of the molecule is COc1ccc2c(c1)OC(C)(C)CN(C(=O)Nc1cccc(C)c1F)C2. The predicted molar refractivity (Wildman–Crippen MR) is 98.3 cm³/mol. The first-order valence-corrected chi connectivity index (χ1v) is 8.46. The zero-order valence-corrected chi connectivity index (χ0v) is 15.4. The van der Waals surface area contributed by atoms with Gasteiger partial charge in [0.1, 0.15) is 22.9 Å². The molecular formula is C20H23FN2O3. The maximum atomic E-state index is 14.2. The third-order valence-corrected chi connectivity index (χ3v) is 4.31. The van der Waals surface area contributed by atoms with Crippen molar-refractivity contribution < 1.29 is 18.7 Å². The molecule has 2 aromatic rings. The van der Waals surface area contributed by atoms with E-state index < -0.39 is 11.4 Å². The Kier molecular flexibility index (Phi) is 4.76. The number of carbonyl (C=O) groups is 1. The van der Waals surface area contributed by atoms with Crippen LogP contribution in [0.25, 0.3) is 0 Å². The molecule has 0 aromatic heterocycles. The number of urea groups is 1. The van der Waals surface area contributed by atoms with Gasteiger partial charge in [0.25, 0.3) is 0 Å². The number of benzene rings is 2. The van der Waals surface area contributed by atoms with Crippen molar-refractivity contribution in [2.75, 3.05) is 19.0 Å². The Labute approximate surface area is 152 Å². The average Bonchev–Trinajstić information content (AvgIpc) is 2.72. The quantitative estimate of drug-likeness (QED) is 0.868. The van der Waals surface area contributed by atoms with E-state index in [4.69, 9.17) is 9.47 Å².